The number of hydrogen-bond donors (Lipinski definition) is 0. The van der Waals surface area contributed by atoms with Gasteiger partial charge in [0.15, 0.2) is 5.76 Å². The summed E-state index contributed by atoms with van der Waals surface area (Å²) in [6.45, 7) is 2.12. The van der Waals surface area contributed by atoms with Crippen LogP contribution < -0.4 is 0 Å². The third kappa shape index (κ3) is 4.00. The lowest BCUT2D eigenvalue weighted by Gasteiger charge is -2.11. The molecule has 4 rings (SSSR count). The number of carbonyl (C=O) groups excluding carboxylic acids is 1. The van der Waals surface area contributed by atoms with Crippen LogP contribution in [-0.2, 0) is 10.0 Å². The van der Waals surface area contributed by atoms with Crippen LogP contribution in [0.15, 0.2) is 82.3 Å². The van der Waals surface area contributed by atoms with Gasteiger partial charge in [0.2, 0.25) is 5.78 Å². The van der Waals surface area contributed by atoms with E-state index in [0.717, 1.165) is 23.2 Å². The fourth-order valence-electron chi connectivity index (χ4n) is 3.63. The van der Waals surface area contributed by atoms with Crippen molar-refractivity contribution in [1.82, 2.24) is 3.97 Å². The van der Waals surface area contributed by atoms with Crippen LogP contribution in [0.4, 0.5) is 0 Å². The Morgan fingerprint density at radius 1 is 0.969 bits per heavy atom. The summed E-state index contributed by atoms with van der Waals surface area (Å²) in [7, 11) is -4.06. The largest absolute Gasteiger partial charge is 0.461 e. The van der Waals surface area contributed by atoms with E-state index in [1.807, 2.05) is 6.07 Å². The van der Waals surface area contributed by atoms with E-state index in [-0.39, 0.29) is 16.3 Å². The first-order chi connectivity index (χ1) is 15.6. The van der Waals surface area contributed by atoms with Crippen molar-refractivity contribution in [2.24, 2.45) is 0 Å². The topological polar surface area (TPSA) is 69.3 Å². The third-order valence-electron chi connectivity index (χ3n) is 5.19. The molecule has 0 saturated heterocycles. The van der Waals surface area contributed by atoms with Crippen LogP contribution in [0.25, 0.3) is 10.9 Å². The maximum absolute atomic E-state index is 13.7. The number of carbonyl (C=O) groups is 1. The average molecular weight is 446 g/mol. The molecule has 6 heteroatoms. The molecule has 0 saturated carbocycles. The monoisotopic (exact) mass is 445 g/mol. The van der Waals surface area contributed by atoms with E-state index in [4.69, 9.17) is 4.42 Å². The van der Waals surface area contributed by atoms with E-state index in [1.165, 1.54) is 24.5 Å². The number of benzene rings is 2. The molecule has 2 heterocycles. The molecule has 0 fully saturated rings. The van der Waals surface area contributed by atoms with Crippen LogP contribution in [-0.4, -0.2) is 18.2 Å². The molecule has 32 heavy (non-hydrogen) atoms. The number of para-hydroxylation sites is 1. The number of aromatic nitrogens is 1. The molecule has 0 aliphatic rings. The quantitative estimate of drug-likeness (QED) is 0.210. The van der Waals surface area contributed by atoms with Crippen molar-refractivity contribution in [3.63, 3.8) is 0 Å². The lowest BCUT2D eigenvalue weighted by atomic mass is 10.1. The number of unbranched alkanes of at least 4 members (excludes halogenated alkanes) is 3. The highest BCUT2D eigenvalue weighted by atomic mass is 32.2. The Hall–Kier alpha value is -3.56. The fourth-order valence-corrected chi connectivity index (χ4v) is 5.17. The standard InChI is InChI=1S/C26H23NO4S/c1-2-3-4-5-9-16-22-21-15-10-11-17-23(21)27(25(22)26(28)24-18-12-19-31-24)32(29,30)20-13-7-6-8-14-20/h6-8,10-15,17-19H,2-5H2,1H3. The van der Waals surface area contributed by atoms with E-state index in [2.05, 4.69) is 18.8 Å². The van der Waals surface area contributed by atoms with Crippen LogP contribution in [0.2, 0.25) is 0 Å². The van der Waals surface area contributed by atoms with Gasteiger partial charge in [0.1, 0.15) is 5.69 Å². The van der Waals surface area contributed by atoms with Gasteiger partial charge in [0, 0.05) is 11.8 Å². The molecule has 162 valence electrons. The summed E-state index contributed by atoms with van der Waals surface area (Å²) in [5.74, 6) is 5.77. The Bertz CT molecular complexity index is 1400. The molecule has 0 amide bonds. The van der Waals surface area contributed by atoms with Gasteiger partial charge in [-0.3, -0.25) is 4.79 Å². The lowest BCUT2D eigenvalue weighted by Crippen LogP contribution is -2.19. The Labute approximate surface area is 187 Å². The molecule has 2 aromatic carbocycles. The molecule has 2 aromatic heterocycles. The molecule has 0 radical (unpaired) electrons. The number of nitrogens with zero attached hydrogens (tertiary/aromatic N) is 1. The molecule has 0 spiro atoms. The number of ketones is 1. The Balaban J connectivity index is 2.01. The second-order valence-corrected chi connectivity index (χ2v) is 9.18. The van der Waals surface area contributed by atoms with Crippen LogP contribution in [0.3, 0.4) is 0 Å². The number of furan rings is 1. The molecular weight excluding hydrogens is 422 g/mol. The van der Waals surface area contributed by atoms with Gasteiger partial charge in [-0.05, 0) is 36.8 Å². The van der Waals surface area contributed by atoms with E-state index in [1.54, 1.807) is 42.5 Å². The normalized spacial score (nSPS) is 11.3. The number of fused-ring (bicyclic) bond motifs is 1. The third-order valence-corrected chi connectivity index (χ3v) is 6.92. The van der Waals surface area contributed by atoms with Gasteiger partial charge < -0.3 is 4.42 Å². The summed E-state index contributed by atoms with van der Waals surface area (Å²) in [5, 5.41) is 0.616. The zero-order valence-electron chi connectivity index (χ0n) is 17.7. The average Bonchev–Trinajstić information content (AvgIpc) is 3.46. The van der Waals surface area contributed by atoms with Crippen molar-refractivity contribution >= 4 is 26.7 Å². The zero-order chi connectivity index (χ0) is 22.6. The summed E-state index contributed by atoms with van der Waals surface area (Å²) in [5.41, 5.74) is 0.801. The summed E-state index contributed by atoms with van der Waals surface area (Å²) in [6, 6.07) is 18.3. The van der Waals surface area contributed by atoms with Gasteiger partial charge in [-0.25, -0.2) is 12.4 Å². The molecule has 0 N–H and O–H groups in total. The second-order valence-electron chi connectivity index (χ2n) is 7.39. The predicted molar refractivity (Wildman–Crippen MR) is 124 cm³/mol. The summed E-state index contributed by atoms with van der Waals surface area (Å²) in [4.78, 5) is 13.6. The van der Waals surface area contributed by atoms with Crippen molar-refractivity contribution in [2.75, 3.05) is 0 Å². The van der Waals surface area contributed by atoms with Gasteiger partial charge in [-0.15, -0.1) is 0 Å². The Morgan fingerprint density at radius 3 is 2.44 bits per heavy atom. The second kappa shape index (κ2) is 9.29. The summed E-state index contributed by atoms with van der Waals surface area (Å²) < 4.78 is 33.8. The van der Waals surface area contributed by atoms with Crippen molar-refractivity contribution in [3.8, 4) is 11.8 Å². The Morgan fingerprint density at radius 2 is 1.72 bits per heavy atom. The molecule has 0 bridgehead atoms. The number of hydrogen-bond acceptors (Lipinski definition) is 4. The van der Waals surface area contributed by atoms with Gasteiger partial charge in [0.05, 0.1) is 22.2 Å². The Kier molecular flexibility index (Phi) is 6.29. The maximum Gasteiger partial charge on any atom is 0.268 e. The highest BCUT2D eigenvalue weighted by Gasteiger charge is 2.31. The fraction of sp³-hybridized carbons (Fsp3) is 0.192. The van der Waals surface area contributed by atoms with Crippen LogP contribution >= 0.6 is 0 Å². The lowest BCUT2D eigenvalue weighted by molar-refractivity contribution is 0.100. The first-order valence-electron chi connectivity index (χ1n) is 10.6. The van der Waals surface area contributed by atoms with Crippen LogP contribution in [0, 0.1) is 11.8 Å². The predicted octanol–water partition coefficient (Wildman–Crippen LogP) is 5.63. The highest BCUT2D eigenvalue weighted by Crippen LogP contribution is 2.31. The van der Waals surface area contributed by atoms with Gasteiger partial charge in [0.25, 0.3) is 10.0 Å². The SMILES string of the molecule is CCCCCC#Cc1c(C(=O)c2ccco2)n(S(=O)(=O)c2ccccc2)c2ccccc12. The van der Waals surface area contributed by atoms with Crippen molar-refractivity contribution in [3.05, 3.63) is 90.0 Å². The van der Waals surface area contributed by atoms with Crippen LogP contribution in [0.1, 0.15) is 54.4 Å². The smallest absolute Gasteiger partial charge is 0.268 e. The molecule has 5 nitrogen and oxygen atoms in total. The van der Waals surface area contributed by atoms with Crippen molar-refractivity contribution in [1.29, 1.82) is 0 Å². The van der Waals surface area contributed by atoms with Gasteiger partial charge in [-0.2, -0.15) is 0 Å². The van der Waals surface area contributed by atoms with Crippen molar-refractivity contribution < 1.29 is 17.6 Å². The van der Waals surface area contributed by atoms with E-state index in [0.29, 0.717) is 22.9 Å². The molecular formula is C26H23NO4S. The highest BCUT2D eigenvalue weighted by molar-refractivity contribution is 7.90. The number of rotatable bonds is 7. The minimum absolute atomic E-state index is 0.00649. The van der Waals surface area contributed by atoms with E-state index < -0.39 is 15.8 Å². The first-order valence-corrected chi connectivity index (χ1v) is 12.0. The maximum atomic E-state index is 13.7. The van der Waals surface area contributed by atoms with Gasteiger partial charge in [-0.1, -0.05) is 68.0 Å². The van der Waals surface area contributed by atoms with E-state index in [9.17, 15) is 13.2 Å². The minimum Gasteiger partial charge on any atom is -0.461 e. The summed E-state index contributed by atoms with van der Waals surface area (Å²) >= 11 is 0. The minimum atomic E-state index is -4.06. The van der Waals surface area contributed by atoms with E-state index >= 15 is 0 Å². The van der Waals surface area contributed by atoms with Gasteiger partial charge >= 0.3 is 0 Å². The molecule has 0 aliphatic carbocycles. The summed E-state index contributed by atoms with van der Waals surface area (Å²) in [6.07, 6.45) is 5.16. The molecule has 0 atom stereocenters. The molecule has 0 aliphatic heterocycles. The van der Waals surface area contributed by atoms with Crippen LogP contribution in [0.5, 0.6) is 0 Å². The first kappa shape index (κ1) is 21.7. The zero-order valence-corrected chi connectivity index (χ0v) is 18.6. The van der Waals surface area contributed by atoms with Crippen molar-refractivity contribution in [2.45, 2.75) is 37.5 Å². The molecule has 4 aromatic rings. The molecule has 0 unspecified atom stereocenters.